The fourth-order valence-electron chi connectivity index (χ4n) is 7.32. The zero-order chi connectivity index (χ0) is 36.3. The van der Waals surface area contributed by atoms with Crippen molar-refractivity contribution in [2.45, 2.75) is 233 Å². The molecule has 2 aromatic carbocycles. The van der Waals surface area contributed by atoms with Gasteiger partial charge in [-0.15, -0.1) is 11.5 Å². The fourth-order valence-corrected chi connectivity index (χ4v) is 7.32. The van der Waals surface area contributed by atoms with E-state index in [9.17, 15) is 10.2 Å². The molecule has 0 spiro atoms. The Morgan fingerprint density at radius 2 is 0.549 bits per heavy atom. The first kappa shape index (κ1) is 49.8. The fraction of sp³-hybridized carbons (Fsp3) is 0.750. The van der Waals surface area contributed by atoms with Crippen LogP contribution in [0.4, 0.5) is 0 Å². The van der Waals surface area contributed by atoms with Crippen LogP contribution in [0.3, 0.4) is 0 Å². The topological polar surface area (TPSA) is 46.1 Å². The van der Waals surface area contributed by atoms with Gasteiger partial charge in [0.25, 0.3) is 0 Å². The van der Waals surface area contributed by atoms with Crippen molar-refractivity contribution in [3.8, 4) is 11.5 Å². The zero-order valence-corrected chi connectivity index (χ0v) is 36.0. The number of rotatable bonds is 32. The van der Waals surface area contributed by atoms with Crippen molar-refractivity contribution in [2.75, 3.05) is 0 Å². The molecule has 0 saturated heterocycles. The van der Waals surface area contributed by atoms with E-state index in [0.717, 1.165) is 36.8 Å². The average Bonchev–Trinajstić information content (AvgIpc) is 3.12. The summed E-state index contributed by atoms with van der Waals surface area (Å²) in [5.41, 5.74) is 4.88. The molecule has 0 radical (unpaired) electrons. The van der Waals surface area contributed by atoms with Crippen molar-refractivity contribution in [1.29, 1.82) is 0 Å². The van der Waals surface area contributed by atoms with Crippen LogP contribution in [-0.4, -0.2) is 23.1 Å². The predicted octanol–water partition coefficient (Wildman–Crippen LogP) is 14.3. The molecule has 2 nitrogen and oxygen atoms in total. The average molecular weight is 715 g/mol. The van der Waals surface area contributed by atoms with Crippen LogP contribution < -0.4 is 10.2 Å². The van der Waals surface area contributed by atoms with Crippen LogP contribution in [-0.2, 0) is 25.7 Å². The van der Waals surface area contributed by atoms with E-state index >= 15 is 0 Å². The molecular weight excluding hydrogens is 633 g/mol. The summed E-state index contributed by atoms with van der Waals surface area (Å²) in [6.07, 6.45) is 41.2. The molecule has 3 heteroatoms. The summed E-state index contributed by atoms with van der Waals surface area (Å²) in [6, 6.07) is 11.8. The van der Waals surface area contributed by atoms with Gasteiger partial charge in [-0.25, -0.2) is 0 Å². The number of unbranched alkanes of at least 4 members (excludes halogenated alkanes) is 24. The van der Waals surface area contributed by atoms with Gasteiger partial charge in [0.15, 0.2) is 0 Å². The summed E-state index contributed by atoms with van der Waals surface area (Å²) < 4.78 is 0. The molecule has 0 aliphatic heterocycles. The SMILES string of the molecule is CCCCCCCCCc1cccc([O-])c1CCCCCCCCC.CCCCCCCCCc1cccc([O-])c1CCCCCCCCC.[Mg+2]. The molecule has 0 saturated carbocycles. The van der Waals surface area contributed by atoms with Crippen molar-refractivity contribution in [1.82, 2.24) is 0 Å². The Morgan fingerprint density at radius 3 is 0.824 bits per heavy atom. The second-order valence-electron chi connectivity index (χ2n) is 15.3. The minimum absolute atomic E-state index is 0. The van der Waals surface area contributed by atoms with E-state index in [0.29, 0.717) is 0 Å². The first-order valence-electron chi connectivity index (χ1n) is 22.1. The largest absolute Gasteiger partial charge is 2.00 e. The molecular formula is C48H82MgO2. The van der Waals surface area contributed by atoms with Gasteiger partial charge in [-0.2, -0.15) is 0 Å². The van der Waals surface area contributed by atoms with Gasteiger partial charge in [0, 0.05) is 0 Å². The van der Waals surface area contributed by atoms with Crippen LogP contribution in [0.25, 0.3) is 0 Å². The summed E-state index contributed by atoms with van der Waals surface area (Å²) >= 11 is 0. The van der Waals surface area contributed by atoms with Crippen LogP contribution in [0.1, 0.15) is 230 Å². The molecule has 51 heavy (non-hydrogen) atoms. The second-order valence-corrected chi connectivity index (χ2v) is 15.3. The maximum Gasteiger partial charge on any atom is 2.00 e. The third-order valence-electron chi connectivity index (χ3n) is 10.6. The predicted molar refractivity (Wildman–Crippen MR) is 224 cm³/mol. The Balaban J connectivity index is 0.000000962. The number of aryl methyl sites for hydroxylation is 2. The summed E-state index contributed by atoms with van der Waals surface area (Å²) in [5, 5.41) is 24.5. The maximum absolute atomic E-state index is 12.3. The van der Waals surface area contributed by atoms with Crippen molar-refractivity contribution in [3.05, 3.63) is 58.7 Å². The first-order chi connectivity index (χ1) is 24.6. The van der Waals surface area contributed by atoms with Gasteiger partial charge in [-0.1, -0.05) is 229 Å². The van der Waals surface area contributed by atoms with E-state index in [4.69, 9.17) is 0 Å². The van der Waals surface area contributed by atoms with E-state index in [2.05, 4.69) is 39.8 Å². The molecule has 288 valence electrons. The zero-order valence-electron chi connectivity index (χ0n) is 34.6. The van der Waals surface area contributed by atoms with Crippen LogP contribution in [0.2, 0.25) is 0 Å². The maximum atomic E-state index is 12.3. The van der Waals surface area contributed by atoms with Gasteiger partial charge >= 0.3 is 23.1 Å². The minimum Gasteiger partial charge on any atom is -0.872 e. The second kappa shape index (κ2) is 37.1. The van der Waals surface area contributed by atoms with Gasteiger partial charge in [0.05, 0.1) is 0 Å². The molecule has 0 fully saturated rings. The van der Waals surface area contributed by atoms with Crippen molar-refractivity contribution >= 4 is 23.1 Å². The van der Waals surface area contributed by atoms with E-state index < -0.39 is 0 Å². The van der Waals surface area contributed by atoms with Crippen LogP contribution >= 0.6 is 0 Å². The van der Waals surface area contributed by atoms with Crippen molar-refractivity contribution in [2.24, 2.45) is 0 Å². The molecule has 2 rings (SSSR count). The third-order valence-corrected chi connectivity index (χ3v) is 10.6. The quantitative estimate of drug-likeness (QED) is 0.0559. The van der Waals surface area contributed by atoms with E-state index in [1.54, 1.807) is 12.1 Å². The Bertz CT molecular complexity index is 937. The third kappa shape index (κ3) is 27.1. The van der Waals surface area contributed by atoms with Crippen LogP contribution in [0, 0.1) is 0 Å². The summed E-state index contributed by atoms with van der Waals surface area (Å²) in [4.78, 5) is 0. The molecule has 0 aromatic heterocycles. The molecule has 0 amide bonds. The van der Waals surface area contributed by atoms with Gasteiger partial charge in [-0.05, 0) is 62.5 Å². The number of hydrogen-bond donors (Lipinski definition) is 0. The molecule has 0 aliphatic rings. The summed E-state index contributed by atoms with van der Waals surface area (Å²) in [6.45, 7) is 9.06. The van der Waals surface area contributed by atoms with E-state index in [1.807, 2.05) is 12.1 Å². The van der Waals surface area contributed by atoms with Crippen molar-refractivity contribution in [3.63, 3.8) is 0 Å². The molecule has 2 aromatic rings. The van der Waals surface area contributed by atoms with Crippen molar-refractivity contribution < 1.29 is 10.2 Å². The molecule has 0 atom stereocenters. The molecule has 0 unspecified atom stereocenters. The summed E-state index contributed by atoms with van der Waals surface area (Å²) in [7, 11) is 0. The molecule has 0 heterocycles. The minimum atomic E-state index is 0. The standard InChI is InChI=1S/2C24H42O.Mg/c2*1-3-5-7-9-11-13-15-18-22-19-17-21-24(25)23(22)20-16-14-12-10-8-6-4-2;/h2*17,19,21,25H,3-16,18,20H2,1-2H3;/q;;+2/p-2. The molecule has 0 bridgehead atoms. The van der Waals surface area contributed by atoms with E-state index in [-0.39, 0.29) is 34.6 Å². The van der Waals surface area contributed by atoms with Gasteiger partial charge in [0.1, 0.15) is 0 Å². The summed E-state index contributed by atoms with van der Waals surface area (Å²) in [5.74, 6) is 0.540. The molecule has 0 N–H and O–H groups in total. The first-order valence-corrected chi connectivity index (χ1v) is 22.1. The monoisotopic (exact) mass is 715 g/mol. The molecule has 0 aliphatic carbocycles. The Hall–Kier alpha value is -1.19. The van der Waals surface area contributed by atoms with Gasteiger partial charge < -0.3 is 10.2 Å². The Labute approximate surface area is 334 Å². The normalized spacial score (nSPS) is 10.9. The van der Waals surface area contributed by atoms with E-state index in [1.165, 1.54) is 191 Å². The van der Waals surface area contributed by atoms with Crippen LogP contribution in [0.15, 0.2) is 36.4 Å². The van der Waals surface area contributed by atoms with Gasteiger partial charge in [0.2, 0.25) is 0 Å². The van der Waals surface area contributed by atoms with Gasteiger partial charge in [-0.3, -0.25) is 0 Å². The van der Waals surface area contributed by atoms with Crippen LogP contribution in [0.5, 0.6) is 11.5 Å². The Morgan fingerprint density at radius 1 is 0.314 bits per heavy atom. The number of benzene rings is 2. The smallest absolute Gasteiger partial charge is 0.872 e. The Kier molecular flexibility index (Phi) is 36.3. The number of hydrogen-bond acceptors (Lipinski definition) is 2.